The molecule has 0 unspecified atom stereocenters. The minimum Gasteiger partial charge on any atom is -0.494 e. The number of halogens is 2. The van der Waals surface area contributed by atoms with Gasteiger partial charge in [0.05, 0.1) is 13.0 Å². The van der Waals surface area contributed by atoms with Crippen LogP contribution >= 0.6 is 23.2 Å². The zero-order valence-electron chi connectivity index (χ0n) is 12.2. The fraction of sp³-hybridized carbons (Fsp3) is 0.235. The summed E-state index contributed by atoms with van der Waals surface area (Å²) in [6, 6.07) is 12.7. The number of nitrogens with one attached hydrogen (secondary N) is 1. The van der Waals surface area contributed by atoms with Gasteiger partial charge in [0, 0.05) is 16.6 Å². The van der Waals surface area contributed by atoms with Gasteiger partial charge in [-0.1, -0.05) is 41.4 Å². The standard InChI is InChI=1S/C17H17Cl2NO2/c1-2-22-15-7-3-12(4-8-15)9-17(21)20-11-13-5-6-14(18)10-16(13)19/h3-8,10H,2,9,11H2,1H3,(H,20,21). The van der Waals surface area contributed by atoms with Crippen molar-refractivity contribution in [1.82, 2.24) is 5.32 Å². The number of hydrogen-bond donors (Lipinski definition) is 1. The van der Waals surface area contributed by atoms with Crippen LogP contribution in [0.15, 0.2) is 42.5 Å². The van der Waals surface area contributed by atoms with Crippen molar-refractivity contribution in [2.45, 2.75) is 19.9 Å². The summed E-state index contributed by atoms with van der Waals surface area (Å²) in [6.07, 6.45) is 0.317. The van der Waals surface area contributed by atoms with E-state index in [4.69, 9.17) is 27.9 Å². The van der Waals surface area contributed by atoms with E-state index < -0.39 is 0 Å². The number of rotatable bonds is 6. The normalized spacial score (nSPS) is 10.3. The fourth-order valence-corrected chi connectivity index (χ4v) is 2.45. The predicted octanol–water partition coefficient (Wildman–Crippen LogP) is 4.25. The van der Waals surface area contributed by atoms with Crippen LogP contribution < -0.4 is 10.1 Å². The van der Waals surface area contributed by atoms with Crippen molar-refractivity contribution in [1.29, 1.82) is 0 Å². The Bertz CT molecular complexity index is 642. The largest absolute Gasteiger partial charge is 0.494 e. The van der Waals surface area contributed by atoms with Crippen molar-refractivity contribution in [2.75, 3.05) is 6.61 Å². The molecule has 5 heteroatoms. The number of hydrogen-bond acceptors (Lipinski definition) is 2. The van der Waals surface area contributed by atoms with Gasteiger partial charge in [0.1, 0.15) is 5.75 Å². The highest BCUT2D eigenvalue weighted by atomic mass is 35.5. The molecule has 0 saturated carbocycles. The molecule has 0 aliphatic heterocycles. The maximum Gasteiger partial charge on any atom is 0.224 e. The van der Waals surface area contributed by atoms with E-state index in [1.165, 1.54) is 0 Å². The van der Waals surface area contributed by atoms with Crippen LogP contribution in [0.25, 0.3) is 0 Å². The molecule has 0 bridgehead atoms. The highest BCUT2D eigenvalue weighted by Crippen LogP contribution is 2.20. The van der Waals surface area contributed by atoms with E-state index in [1.54, 1.807) is 12.1 Å². The lowest BCUT2D eigenvalue weighted by Gasteiger charge is -2.08. The molecule has 0 aliphatic rings. The Labute approximate surface area is 140 Å². The van der Waals surface area contributed by atoms with Crippen LogP contribution in [0, 0.1) is 0 Å². The average molecular weight is 338 g/mol. The summed E-state index contributed by atoms with van der Waals surface area (Å²) in [5.74, 6) is 0.745. The molecule has 0 atom stereocenters. The molecule has 3 nitrogen and oxygen atoms in total. The zero-order valence-corrected chi connectivity index (χ0v) is 13.7. The molecular formula is C17H17Cl2NO2. The maximum absolute atomic E-state index is 12.0. The third-order valence-electron chi connectivity index (χ3n) is 3.09. The summed E-state index contributed by atoms with van der Waals surface area (Å²) in [7, 11) is 0. The molecule has 1 amide bonds. The van der Waals surface area contributed by atoms with Gasteiger partial charge in [0.25, 0.3) is 0 Å². The molecule has 22 heavy (non-hydrogen) atoms. The molecule has 0 aliphatic carbocycles. The topological polar surface area (TPSA) is 38.3 Å². The molecule has 0 spiro atoms. The van der Waals surface area contributed by atoms with Gasteiger partial charge in [0.2, 0.25) is 5.91 Å². The Kier molecular flexibility index (Phi) is 6.10. The monoisotopic (exact) mass is 337 g/mol. The quantitative estimate of drug-likeness (QED) is 0.855. The van der Waals surface area contributed by atoms with Gasteiger partial charge in [-0.3, -0.25) is 4.79 Å². The number of carbonyl (C=O) groups excluding carboxylic acids is 1. The van der Waals surface area contributed by atoms with Gasteiger partial charge in [-0.05, 0) is 42.3 Å². The molecule has 116 valence electrons. The summed E-state index contributed by atoms with van der Waals surface area (Å²) >= 11 is 11.9. The first kappa shape index (κ1) is 16.7. The van der Waals surface area contributed by atoms with E-state index in [0.29, 0.717) is 29.6 Å². The van der Waals surface area contributed by atoms with Crippen LogP contribution in [0.2, 0.25) is 10.0 Å². The molecule has 2 rings (SSSR count). The van der Waals surface area contributed by atoms with E-state index >= 15 is 0 Å². The van der Waals surface area contributed by atoms with Crippen molar-refractivity contribution in [2.24, 2.45) is 0 Å². The van der Waals surface area contributed by atoms with E-state index in [0.717, 1.165) is 16.9 Å². The Balaban J connectivity index is 1.87. The summed E-state index contributed by atoms with van der Waals surface area (Å²) < 4.78 is 5.37. The molecule has 2 aromatic rings. The molecule has 0 fully saturated rings. The third kappa shape index (κ3) is 4.93. The molecule has 0 saturated heterocycles. The van der Waals surface area contributed by atoms with Crippen LogP contribution in [0.5, 0.6) is 5.75 Å². The first-order valence-electron chi connectivity index (χ1n) is 7.01. The minimum atomic E-state index is -0.0600. The molecule has 0 heterocycles. The van der Waals surface area contributed by atoms with Gasteiger partial charge < -0.3 is 10.1 Å². The molecule has 0 aromatic heterocycles. The molecule has 0 radical (unpaired) electrons. The maximum atomic E-state index is 12.0. The van der Waals surface area contributed by atoms with Crippen molar-refractivity contribution < 1.29 is 9.53 Å². The number of amides is 1. The van der Waals surface area contributed by atoms with Gasteiger partial charge in [-0.25, -0.2) is 0 Å². The van der Waals surface area contributed by atoms with Crippen LogP contribution in [-0.2, 0) is 17.8 Å². The van der Waals surface area contributed by atoms with Crippen molar-refractivity contribution >= 4 is 29.1 Å². The lowest BCUT2D eigenvalue weighted by Crippen LogP contribution is -2.24. The number of carbonyl (C=O) groups is 1. The smallest absolute Gasteiger partial charge is 0.224 e. The zero-order chi connectivity index (χ0) is 15.9. The number of benzene rings is 2. The van der Waals surface area contributed by atoms with Gasteiger partial charge in [0.15, 0.2) is 0 Å². The molecular weight excluding hydrogens is 321 g/mol. The summed E-state index contributed by atoms with van der Waals surface area (Å²) in [5, 5.41) is 3.98. The molecule has 2 aromatic carbocycles. The average Bonchev–Trinajstić information content (AvgIpc) is 2.49. The third-order valence-corrected chi connectivity index (χ3v) is 3.68. The SMILES string of the molecule is CCOc1ccc(CC(=O)NCc2ccc(Cl)cc2Cl)cc1. The summed E-state index contributed by atoms with van der Waals surface area (Å²) in [4.78, 5) is 12.0. The highest BCUT2D eigenvalue weighted by molar-refractivity contribution is 6.35. The highest BCUT2D eigenvalue weighted by Gasteiger charge is 2.06. The lowest BCUT2D eigenvalue weighted by atomic mass is 10.1. The first-order chi connectivity index (χ1) is 10.6. The number of ether oxygens (including phenoxy) is 1. The van der Waals surface area contributed by atoms with Crippen LogP contribution in [0.4, 0.5) is 0 Å². The van der Waals surface area contributed by atoms with Crippen LogP contribution in [0.1, 0.15) is 18.1 Å². The minimum absolute atomic E-state index is 0.0600. The Morgan fingerprint density at radius 3 is 2.50 bits per heavy atom. The van der Waals surface area contributed by atoms with Crippen LogP contribution in [-0.4, -0.2) is 12.5 Å². The Morgan fingerprint density at radius 2 is 1.86 bits per heavy atom. The van der Waals surface area contributed by atoms with Gasteiger partial charge in [-0.2, -0.15) is 0 Å². The van der Waals surface area contributed by atoms with Gasteiger partial charge in [-0.15, -0.1) is 0 Å². The van der Waals surface area contributed by atoms with Gasteiger partial charge >= 0.3 is 0 Å². The summed E-state index contributed by atoms with van der Waals surface area (Å²) in [5.41, 5.74) is 1.77. The van der Waals surface area contributed by atoms with E-state index in [-0.39, 0.29) is 5.91 Å². The second kappa shape index (κ2) is 8.06. The first-order valence-corrected chi connectivity index (χ1v) is 7.76. The van der Waals surface area contributed by atoms with Crippen molar-refractivity contribution in [3.8, 4) is 5.75 Å². The summed E-state index contributed by atoms with van der Waals surface area (Å²) in [6.45, 7) is 2.94. The lowest BCUT2D eigenvalue weighted by molar-refractivity contribution is -0.120. The second-order valence-corrected chi connectivity index (χ2v) is 5.61. The van der Waals surface area contributed by atoms with Crippen molar-refractivity contribution in [3.63, 3.8) is 0 Å². The molecule has 1 N–H and O–H groups in total. The Hall–Kier alpha value is -1.71. The van der Waals surface area contributed by atoms with E-state index in [1.807, 2.05) is 37.3 Å². The Morgan fingerprint density at radius 1 is 1.14 bits per heavy atom. The predicted molar refractivity (Wildman–Crippen MR) is 89.6 cm³/mol. The fourth-order valence-electron chi connectivity index (χ4n) is 1.98. The van der Waals surface area contributed by atoms with E-state index in [2.05, 4.69) is 5.32 Å². The van der Waals surface area contributed by atoms with E-state index in [9.17, 15) is 4.79 Å². The van der Waals surface area contributed by atoms with Crippen molar-refractivity contribution in [3.05, 3.63) is 63.6 Å². The van der Waals surface area contributed by atoms with Crippen LogP contribution in [0.3, 0.4) is 0 Å². The second-order valence-electron chi connectivity index (χ2n) is 4.77.